The van der Waals surface area contributed by atoms with E-state index in [9.17, 15) is 0 Å². The van der Waals surface area contributed by atoms with Crippen LogP contribution in [0, 0.1) is 11.3 Å². The zero-order chi connectivity index (χ0) is 12.1. The third-order valence-electron chi connectivity index (χ3n) is 2.17. The van der Waals surface area contributed by atoms with Crippen molar-refractivity contribution in [2.75, 3.05) is 0 Å². The van der Waals surface area contributed by atoms with Crippen LogP contribution in [0.15, 0.2) is 42.6 Å². The molecule has 1 aromatic carbocycles. The molecule has 4 heteroatoms. The second kappa shape index (κ2) is 5.46. The number of nitriles is 1. The average molecular weight is 289 g/mol. The summed E-state index contributed by atoms with van der Waals surface area (Å²) in [5.74, 6) is 1.01. The maximum atomic E-state index is 8.92. The Hall–Kier alpha value is -1.86. The fourth-order valence-corrected chi connectivity index (χ4v) is 1.64. The lowest BCUT2D eigenvalue weighted by Gasteiger charge is -2.06. The SMILES string of the molecule is N#Cc1ccccc1Oc1ccc(CBr)cn1. The van der Waals surface area contributed by atoms with Crippen LogP contribution in [0.25, 0.3) is 0 Å². The fourth-order valence-electron chi connectivity index (χ4n) is 1.31. The Kier molecular flexibility index (Phi) is 3.73. The highest BCUT2D eigenvalue weighted by Crippen LogP contribution is 2.23. The van der Waals surface area contributed by atoms with Gasteiger partial charge in [-0.05, 0) is 17.7 Å². The summed E-state index contributed by atoms with van der Waals surface area (Å²) in [6, 6.07) is 12.9. The number of hydrogen-bond donors (Lipinski definition) is 0. The monoisotopic (exact) mass is 288 g/mol. The van der Waals surface area contributed by atoms with Crippen molar-refractivity contribution in [1.29, 1.82) is 5.26 Å². The minimum atomic E-state index is 0.484. The van der Waals surface area contributed by atoms with Crippen LogP contribution in [-0.2, 0) is 5.33 Å². The third kappa shape index (κ3) is 2.83. The zero-order valence-electron chi connectivity index (χ0n) is 8.93. The number of nitrogens with zero attached hydrogens (tertiary/aromatic N) is 2. The van der Waals surface area contributed by atoms with E-state index in [4.69, 9.17) is 10.00 Å². The molecule has 0 aliphatic heterocycles. The summed E-state index contributed by atoms with van der Waals surface area (Å²) in [5.41, 5.74) is 1.57. The lowest BCUT2D eigenvalue weighted by molar-refractivity contribution is 0.461. The minimum Gasteiger partial charge on any atom is -0.438 e. The first kappa shape index (κ1) is 11.6. The van der Waals surface area contributed by atoms with Crippen LogP contribution in [0.4, 0.5) is 0 Å². The van der Waals surface area contributed by atoms with E-state index < -0.39 is 0 Å². The maximum absolute atomic E-state index is 8.92. The number of aromatic nitrogens is 1. The van der Waals surface area contributed by atoms with E-state index in [1.165, 1.54) is 0 Å². The van der Waals surface area contributed by atoms with Gasteiger partial charge in [0.25, 0.3) is 0 Å². The van der Waals surface area contributed by atoms with Crippen molar-refractivity contribution in [3.63, 3.8) is 0 Å². The molecule has 84 valence electrons. The highest BCUT2D eigenvalue weighted by molar-refractivity contribution is 9.08. The second-order valence-corrected chi connectivity index (χ2v) is 3.91. The summed E-state index contributed by atoms with van der Waals surface area (Å²) < 4.78 is 5.55. The van der Waals surface area contributed by atoms with Gasteiger partial charge in [0, 0.05) is 17.6 Å². The number of benzene rings is 1. The normalized spacial score (nSPS) is 9.65. The molecule has 0 aliphatic rings. The van der Waals surface area contributed by atoms with Gasteiger partial charge in [0.1, 0.15) is 11.8 Å². The van der Waals surface area contributed by atoms with Crippen molar-refractivity contribution < 1.29 is 4.74 Å². The molecule has 0 spiro atoms. The molecule has 2 aromatic rings. The van der Waals surface area contributed by atoms with E-state index in [1.54, 1.807) is 30.5 Å². The van der Waals surface area contributed by atoms with Crippen LogP contribution in [0.2, 0.25) is 0 Å². The lowest BCUT2D eigenvalue weighted by atomic mass is 10.2. The van der Waals surface area contributed by atoms with Gasteiger partial charge < -0.3 is 4.74 Å². The number of hydrogen-bond acceptors (Lipinski definition) is 3. The van der Waals surface area contributed by atoms with Crippen LogP contribution in [-0.4, -0.2) is 4.98 Å². The van der Waals surface area contributed by atoms with Gasteiger partial charge in [0.15, 0.2) is 0 Å². The van der Waals surface area contributed by atoms with Crippen molar-refractivity contribution in [3.8, 4) is 17.7 Å². The van der Waals surface area contributed by atoms with Crippen LogP contribution < -0.4 is 4.74 Å². The number of alkyl halides is 1. The first-order valence-electron chi connectivity index (χ1n) is 5.01. The molecule has 0 aliphatic carbocycles. The first-order chi connectivity index (χ1) is 8.33. The summed E-state index contributed by atoms with van der Waals surface area (Å²) in [5, 5.41) is 9.68. The molecule has 0 amide bonds. The highest BCUT2D eigenvalue weighted by Gasteiger charge is 2.04. The number of rotatable bonds is 3. The average Bonchev–Trinajstić information content (AvgIpc) is 2.40. The molecular formula is C13H9BrN2O. The zero-order valence-corrected chi connectivity index (χ0v) is 10.5. The first-order valence-corrected chi connectivity index (χ1v) is 6.13. The molecule has 0 saturated carbocycles. The summed E-state index contributed by atoms with van der Waals surface area (Å²) in [7, 11) is 0. The van der Waals surface area contributed by atoms with Crippen molar-refractivity contribution in [3.05, 3.63) is 53.7 Å². The van der Waals surface area contributed by atoms with Gasteiger partial charge in [0.05, 0.1) is 5.56 Å². The molecule has 1 heterocycles. The third-order valence-corrected chi connectivity index (χ3v) is 2.82. The Morgan fingerprint density at radius 1 is 1.24 bits per heavy atom. The van der Waals surface area contributed by atoms with E-state index >= 15 is 0 Å². The van der Waals surface area contributed by atoms with Gasteiger partial charge in [-0.3, -0.25) is 0 Å². The Labute approximate surface area is 108 Å². The molecule has 1 aromatic heterocycles. The molecule has 0 unspecified atom stereocenters. The van der Waals surface area contributed by atoms with Crippen molar-refractivity contribution in [1.82, 2.24) is 4.98 Å². The summed E-state index contributed by atoms with van der Waals surface area (Å²) in [6.45, 7) is 0. The van der Waals surface area contributed by atoms with Crippen LogP contribution in [0.3, 0.4) is 0 Å². The molecule has 17 heavy (non-hydrogen) atoms. The number of halogens is 1. The van der Waals surface area contributed by atoms with Gasteiger partial charge in [-0.2, -0.15) is 5.26 Å². The molecule has 0 N–H and O–H groups in total. The second-order valence-electron chi connectivity index (χ2n) is 3.35. The molecule has 0 bridgehead atoms. The summed E-state index contributed by atoms with van der Waals surface area (Å²) in [6.07, 6.45) is 1.74. The lowest BCUT2D eigenvalue weighted by Crippen LogP contribution is -1.91. The number of pyridine rings is 1. The maximum Gasteiger partial charge on any atom is 0.219 e. The van der Waals surface area contributed by atoms with Gasteiger partial charge in [-0.25, -0.2) is 4.98 Å². The smallest absolute Gasteiger partial charge is 0.219 e. The van der Waals surface area contributed by atoms with Crippen molar-refractivity contribution in [2.24, 2.45) is 0 Å². The Morgan fingerprint density at radius 3 is 2.71 bits per heavy atom. The molecule has 0 saturated heterocycles. The standard InChI is InChI=1S/C13H9BrN2O/c14-7-10-5-6-13(16-9-10)17-12-4-2-1-3-11(12)8-15/h1-6,9H,7H2. The van der Waals surface area contributed by atoms with Crippen molar-refractivity contribution in [2.45, 2.75) is 5.33 Å². The number of para-hydroxylation sites is 1. The molecule has 0 radical (unpaired) electrons. The van der Waals surface area contributed by atoms with Crippen LogP contribution in [0.1, 0.15) is 11.1 Å². The Morgan fingerprint density at radius 2 is 2.06 bits per heavy atom. The molecule has 2 rings (SSSR count). The van der Waals surface area contributed by atoms with Gasteiger partial charge >= 0.3 is 0 Å². The van der Waals surface area contributed by atoms with E-state index in [-0.39, 0.29) is 0 Å². The van der Waals surface area contributed by atoms with Gasteiger partial charge in [-0.1, -0.05) is 34.1 Å². The van der Waals surface area contributed by atoms with E-state index in [1.807, 2.05) is 12.1 Å². The van der Waals surface area contributed by atoms with Gasteiger partial charge in [0.2, 0.25) is 5.88 Å². The highest BCUT2D eigenvalue weighted by atomic mass is 79.9. The molecular weight excluding hydrogens is 280 g/mol. The largest absolute Gasteiger partial charge is 0.438 e. The van der Waals surface area contributed by atoms with Crippen LogP contribution >= 0.6 is 15.9 Å². The number of ether oxygens (including phenoxy) is 1. The topological polar surface area (TPSA) is 45.9 Å². The van der Waals surface area contributed by atoms with E-state index in [0.29, 0.717) is 17.2 Å². The Balaban J connectivity index is 2.23. The van der Waals surface area contributed by atoms with E-state index in [2.05, 4.69) is 27.0 Å². The molecule has 3 nitrogen and oxygen atoms in total. The minimum absolute atomic E-state index is 0.484. The fraction of sp³-hybridized carbons (Fsp3) is 0.0769. The predicted octanol–water partition coefficient (Wildman–Crippen LogP) is 3.64. The predicted molar refractivity (Wildman–Crippen MR) is 68.1 cm³/mol. The molecule has 0 fully saturated rings. The Bertz CT molecular complexity index is 546. The summed E-state index contributed by atoms with van der Waals surface area (Å²) in [4.78, 5) is 4.16. The summed E-state index contributed by atoms with van der Waals surface area (Å²) >= 11 is 3.35. The van der Waals surface area contributed by atoms with Crippen LogP contribution in [0.5, 0.6) is 11.6 Å². The van der Waals surface area contributed by atoms with E-state index in [0.717, 1.165) is 10.9 Å². The van der Waals surface area contributed by atoms with Crippen molar-refractivity contribution >= 4 is 15.9 Å². The molecule has 0 atom stereocenters. The quantitative estimate of drug-likeness (QED) is 0.810. The van der Waals surface area contributed by atoms with Gasteiger partial charge in [-0.15, -0.1) is 0 Å².